The molecule has 5 atom stereocenters. The van der Waals surface area contributed by atoms with Crippen molar-refractivity contribution < 1.29 is 4.79 Å². The Morgan fingerprint density at radius 2 is 1.90 bits per heavy atom. The molecule has 1 aromatic rings. The summed E-state index contributed by atoms with van der Waals surface area (Å²) in [6, 6.07) is 7.05. The fourth-order valence-electron chi connectivity index (χ4n) is 5.54. The summed E-state index contributed by atoms with van der Waals surface area (Å²) in [6.07, 6.45) is 5.78. The molecule has 0 bridgehead atoms. The Kier molecular flexibility index (Phi) is 2.80. The minimum atomic E-state index is 0.392. The van der Waals surface area contributed by atoms with Crippen LogP contribution >= 0.6 is 0 Å². The lowest BCUT2D eigenvalue weighted by atomic mass is 9.58. The topological polar surface area (TPSA) is 17.1 Å². The second kappa shape index (κ2) is 4.44. The molecule has 3 aliphatic rings. The molecule has 0 saturated heterocycles. The van der Waals surface area contributed by atoms with Crippen LogP contribution in [0.1, 0.15) is 55.2 Å². The molecule has 2 fully saturated rings. The van der Waals surface area contributed by atoms with Gasteiger partial charge in [-0.2, -0.15) is 0 Å². The van der Waals surface area contributed by atoms with Gasteiger partial charge in [0.2, 0.25) is 0 Å². The molecule has 20 heavy (non-hydrogen) atoms. The van der Waals surface area contributed by atoms with Crippen molar-refractivity contribution >= 4 is 5.78 Å². The summed E-state index contributed by atoms with van der Waals surface area (Å²) in [4.78, 5) is 12.2. The fourth-order valence-corrected chi connectivity index (χ4v) is 5.54. The molecule has 0 heterocycles. The molecule has 106 valence electrons. The number of hydrogen-bond donors (Lipinski definition) is 0. The largest absolute Gasteiger partial charge is 0.299 e. The summed E-state index contributed by atoms with van der Waals surface area (Å²) in [6.45, 7) is 4.51. The molecule has 1 unspecified atom stereocenters. The van der Waals surface area contributed by atoms with Gasteiger partial charge >= 0.3 is 0 Å². The summed E-state index contributed by atoms with van der Waals surface area (Å²) in [7, 11) is 0. The van der Waals surface area contributed by atoms with E-state index in [1.54, 1.807) is 11.1 Å². The normalized spacial score (nSPS) is 39.1. The number of benzene rings is 1. The molecule has 0 radical (unpaired) electrons. The Morgan fingerprint density at radius 3 is 2.75 bits per heavy atom. The van der Waals surface area contributed by atoms with Gasteiger partial charge in [0.15, 0.2) is 0 Å². The lowest BCUT2D eigenvalue weighted by Crippen LogP contribution is -2.40. The van der Waals surface area contributed by atoms with E-state index < -0.39 is 0 Å². The standard InChI is InChI=1S/C19H24O/c1-11-3-5-14-13(9-11)4-6-15-16-7-8-18(20)19(16)12(2)10-17(14)15/h3,5,9,12,15-17,19H,4,6-8,10H2,1-2H3/t12-,15+,16+,17-,19?/m1/s1. The number of Topliss-reactive ketones (excluding diaryl/α,β-unsaturated/α-hetero) is 1. The Balaban J connectivity index is 1.73. The van der Waals surface area contributed by atoms with Gasteiger partial charge in [-0.3, -0.25) is 4.79 Å². The van der Waals surface area contributed by atoms with Crippen LogP contribution in [-0.4, -0.2) is 5.78 Å². The molecule has 0 amide bonds. The first-order valence-electron chi connectivity index (χ1n) is 8.27. The summed E-state index contributed by atoms with van der Waals surface area (Å²) in [5.74, 6) is 3.73. The summed E-state index contributed by atoms with van der Waals surface area (Å²) in [5, 5.41) is 0. The van der Waals surface area contributed by atoms with Crippen LogP contribution in [0.3, 0.4) is 0 Å². The van der Waals surface area contributed by atoms with Crippen molar-refractivity contribution in [3.05, 3.63) is 34.9 Å². The summed E-state index contributed by atoms with van der Waals surface area (Å²) in [5.41, 5.74) is 4.58. The first-order valence-corrected chi connectivity index (χ1v) is 8.27. The van der Waals surface area contributed by atoms with Crippen molar-refractivity contribution in [2.45, 2.75) is 51.9 Å². The van der Waals surface area contributed by atoms with Gasteiger partial charge in [-0.25, -0.2) is 0 Å². The third kappa shape index (κ3) is 1.71. The molecule has 1 aromatic carbocycles. The van der Waals surface area contributed by atoms with Crippen molar-refractivity contribution in [3.8, 4) is 0 Å². The van der Waals surface area contributed by atoms with Crippen LogP contribution in [0.15, 0.2) is 18.2 Å². The van der Waals surface area contributed by atoms with E-state index in [-0.39, 0.29) is 0 Å². The van der Waals surface area contributed by atoms with Crippen molar-refractivity contribution in [1.82, 2.24) is 0 Å². The lowest BCUT2D eigenvalue weighted by molar-refractivity contribution is -0.124. The summed E-state index contributed by atoms with van der Waals surface area (Å²) >= 11 is 0. The molecule has 1 nitrogen and oxygen atoms in total. The van der Waals surface area contributed by atoms with Crippen LogP contribution in [0.4, 0.5) is 0 Å². The highest BCUT2D eigenvalue weighted by molar-refractivity contribution is 5.84. The molecule has 0 spiro atoms. The van der Waals surface area contributed by atoms with Crippen LogP contribution in [0.25, 0.3) is 0 Å². The molecule has 0 aliphatic heterocycles. The van der Waals surface area contributed by atoms with Crippen LogP contribution < -0.4 is 0 Å². The van der Waals surface area contributed by atoms with Crippen LogP contribution in [0.5, 0.6) is 0 Å². The number of aryl methyl sites for hydroxylation is 2. The van der Waals surface area contributed by atoms with Crippen LogP contribution in [0, 0.1) is 30.6 Å². The minimum absolute atomic E-state index is 0.392. The van der Waals surface area contributed by atoms with Crippen molar-refractivity contribution in [2.24, 2.45) is 23.7 Å². The van der Waals surface area contributed by atoms with Crippen molar-refractivity contribution in [2.75, 3.05) is 0 Å². The number of rotatable bonds is 0. The second-order valence-corrected chi connectivity index (χ2v) is 7.42. The maximum Gasteiger partial charge on any atom is 0.136 e. The molecule has 0 aromatic heterocycles. The van der Waals surface area contributed by atoms with Gasteiger partial charge in [-0.15, -0.1) is 0 Å². The first-order chi connectivity index (χ1) is 9.65. The lowest BCUT2D eigenvalue weighted by Gasteiger charge is -2.46. The predicted molar refractivity (Wildman–Crippen MR) is 80.7 cm³/mol. The monoisotopic (exact) mass is 268 g/mol. The minimum Gasteiger partial charge on any atom is -0.299 e. The van der Waals surface area contributed by atoms with Gasteiger partial charge in [-0.05, 0) is 67.4 Å². The number of fused-ring (bicyclic) bond motifs is 5. The van der Waals surface area contributed by atoms with Gasteiger partial charge in [0.25, 0.3) is 0 Å². The smallest absolute Gasteiger partial charge is 0.136 e. The molecule has 4 rings (SSSR count). The van der Waals surface area contributed by atoms with Gasteiger partial charge in [0.1, 0.15) is 5.78 Å². The highest BCUT2D eigenvalue weighted by atomic mass is 16.1. The molecule has 1 heteroatoms. The zero-order valence-electron chi connectivity index (χ0n) is 12.6. The third-order valence-electron chi connectivity index (χ3n) is 6.31. The average Bonchev–Trinajstić information content (AvgIpc) is 2.81. The highest BCUT2D eigenvalue weighted by Crippen LogP contribution is 2.55. The Bertz CT molecular complexity index is 559. The van der Waals surface area contributed by atoms with E-state index >= 15 is 0 Å². The number of carbonyl (C=O) groups is 1. The fraction of sp³-hybridized carbons (Fsp3) is 0.632. The molecule has 0 N–H and O–H groups in total. The van der Waals surface area contributed by atoms with Crippen molar-refractivity contribution in [1.29, 1.82) is 0 Å². The van der Waals surface area contributed by atoms with Crippen LogP contribution in [0.2, 0.25) is 0 Å². The molecule has 3 aliphatic carbocycles. The zero-order chi connectivity index (χ0) is 13.9. The van der Waals surface area contributed by atoms with E-state index in [0.29, 0.717) is 23.5 Å². The van der Waals surface area contributed by atoms with E-state index in [1.165, 1.54) is 24.8 Å². The third-order valence-corrected chi connectivity index (χ3v) is 6.31. The predicted octanol–water partition coefficient (Wildman–Crippen LogP) is 4.28. The van der Waals surface area contributed by atoms with E-state index in [9.17, 15) is 4.79 Å². The molecule has 2 saturated carbocycles. The quantitative estimate of drug-likeness (QED) is 0.686. The molecular formula is C19H24O. The van der Waals surface area contributed by atoms with Crippen LogP contribution in [-0.2, 0) is 11.2 Å². The van der Waals surface area contributed by atoms with Gasteiger partial charge in [-0.1, -0.05) is 30.7 Å². The number of hydrogen-bond acceptors (Lipinski definition) is 1. The van der Waals surface area contributed by atoms with Gasteiger partial charge < -0.3 is 0 Å². The van der Waals surface area contributed by atoms with E-state index in [1.807, 2.05) is 0 Å². The zero-order valence-corrected chi connectivity index (χ0v) is 12.6. The molecular weight excluding hydrogens is 244 g/mol. The SMILES string of the molecule is Cc1ccc2c(c1)CC[C@@H]1[C@@H]2C[C@@H](C)C2C(=O)CC[C@H]21. The number of ketones is 1. The van der Waals surface area contributed by atoms with Crippen molar-refractivity contribution in [3.63, 3.8) is 0 Å². The first kappa shape index (κ1) is 12.6. The number of carbonyl (C=O) groups excluding carboxylic acids is 1. The maximum absolute atomic E-state index is 12.2. The second-order valence-electron chi connectivity index (χ2n) is 7.42. The van der Waals surface area contributed by atoms with E-state index in [4.69, 9.17) is 0 Å². The maximum atomic E-state index is 12.2. The van der Waals surface area contributed by atoms with Gasteiger partial charge in [0.05, 0.1) is 0 Å². The highest BCUT2D eigenvalue weighted by Gasteiger charge is 2.50. The van der Waals surface area contributed by atoms with E-state index in [0.717, 1.165) is 24.7 Å². The Morgan fingerprint density at radius 1 is 1.10 bits per heavy atom. The Hall–Kier alpha value is -1.11. The average molecular weight is 268 g/mol. The Labute approximate surface area is 121 Å². The summed E-state index contributed by atoms with van der Waals surface area (Å²) < 4.78 is 0. The van der Waals surface area contributed by atoms with Gasteiger partial charge in [0, 0.05) is 12.3 Å². The van der Waals surface area contributed by atoms with E-state index in [2.05, 4.69) is 32.0 Å².